The number of hydrogen-bond donors (Lipinski definition) is 2. The Labute approximate surface area is 111 Å². The lowest BCUT2D eigenvalue weighted by Gasteiger charge is -2.38. The van der Waals surface area contributed by atoms with E-state index in [1.54, 1.807) is 0 Å². The van der Waals surface area contributed by atoms with Crippen LogP contribution in [0.25, 0.3) is 0 Å². The van der Waals surface area contributed by atoms with E-state index in [1.807, 2.05) is 0 Å². The van der Waals surface area contributed by atoms with Crippen molar-refractivity contribution >= 4 is 9.84 Å². The highest BCUT2D eigenvalue weighted by Crippen LogP contribution is 2.26. The summed E-state index contributed by atoms with van der Waals surface area (Å²) in [6.07, 6.45) is 6.47. The predicted molar refractivity (Wildman–Crippen MR) is 74.4 cm³/mol. The van der Waals surface area contributed by atoms with Crippen LogP contribution in [0.5, 0.6) is 0 Å². The summed E-state index contributed by atoms with van der Waals surface area (Å²) in [4.78, 5) is 0. The SMILES string of the molecule is CCC(CC)(CO)NC1CCCC(S(C)(=O)=O)C1. The smallest absolute Gasteiger partial charge is 0.150 e. The molecule has 0 aromatic carbocycles. The molecule has 108 valence electrons. The van der Waals surface area contributed by atoms with Crippen molar-refractivity contribution in [2.45, 2.75) is 69.2 Å². The molecule has 0 aromatic rings. The van der Waals surface area contributed by atoms with Crippen LogP contribution in [0, 0.1) is 0 Å². The number of sulfone groups is 1. The maximum Gasteiger partial charge on any atom is 0.150 e. The number of hydrogen-bond acceptors (Lipinski definition) is 4. The van der Waals surface area contributed by atoms with E-state index >= 15 is 0 Å². The summed E-state index contributed by atoms with van der Waals surface area (Å²) >= 11 is 0. The highest BCUT2D eigenvalue weighted by molar-refractivity contribution is 7.91. The van der Waals surface area contributed by atoms with Gasteiger partial charge in [-0.25, -0.2) is 8.42 Å². The van der Waals surface area contributed by atoms with Crippen LogP contribution < -0.4 is 5.32 Å². The maximum absolute atomic E-state index is 11.6. The van der Waals surface area contributed by atoms with Gasteiger partial charge in [-0.3, -0.25) is 0 Å². The second-order valence-electron chi connectivity index (χ2n) is 5.60. The molecule has 0 spiro atoms. The summed E-state index contributed by atoms with van der Waals surface area (Å²) in [5.74, 6) is 0. The fourth-order valence-electron chi connectivity index (χ4n) is 2.82. The first-order valence-corrected chi connectivity index (χ1v) is 8.89. The van der Waals surface area contributed by atoms with Crippen molar-refractivity contribution < 1.29 is 13.5 Å². The quantitative estimate of drug-likeness (QED) is 0.772. The monoisotopic (exact) mass is 277 g/mol. The molecule has 0 radical (unpaired) electrons. The second-order valence-corrected chi connectivity index (χ2v) is 7.93. The van der Waals surface area contributed by atoms with Crippen molar-refractivity contribution in [3.05, 3.63) is 0 Å². The van der Waals surface area contributed by atoms with Crippen LogP contribution in [0.3, 0.4) is 0 Å². The lowest BCUT2D eigenvalue weighted by molar-refractivity contribution is 0.129. The number of aliphatic hydroxyl groups is 1. The molecule has 2 atom stereocenters. The van der Waals surface area contributed by atoms with Gasteiger partial charge >= 0.3 is 0 Å². The minimum absolute atomic E-state index is 0.111. The van der Waals surface area contributed by atoms with Gasteiger partial charge in [0.15, 0.2) is 0 Å². The van der Waals surface area contributed by atoms with Crippen LogP contribution in [0.1, 0.15) is 52.4 Å². The second kappa shape index (κ2) is 6.35. The third-order valence-electron chi connectivity index (χ3n) is 4.40. The lowest BCUT2D eigenvalue weighted by atomic mass is 9.88. The molecule has 2 N–H and O–H groups in total. The molecule has 4 nitrogen and oxygen atoms in total. The van der Waals surface area contributed by atoms with Gasteiger partial charge in [-0.1, -0.05) is 20.3 Å². The molecule has 1 aliphatic carbocycles. The lowest BCUT2D eigenvalue weighted by Crippen LogP contribution is -2.54. The fraction of sp³-hybridized carbons (Fsp3) is 1.00. The van der Waals surface area contributed by atoms with Gasteiger partial charge in [-0.15, -0.1) is 0 Å². The molecule has 0 heterocycles. The van der Waals surface area contributed by atoms with E-state index in [0.717, 1.165) is 32.1 Å². The molecule has 0 amide bonds. The van der Waals surface area contributed by atoms with Crippen LogP contribution in [-0.4, -0.2) is 43.2 Å². The minimum atomic E-state index is -2.94. The van der Waals surface area contributed by atoms with Crippen LogP contribution in [0.4, 0.5) is 0 Å². The molecular formula is C13H27NO3S. The maximum atomic E-state index is 11.6. The summed E-state index contributed by atoms with van der Waals surface area (Å²) in [5.41, 5.74) is -0.246. The van der Waals surface area contributed by atoms with E-state index in [0.29, 0.717) is 6.42 Å². The van der Waals surface area contributed by atoms with Crippen molar-refractivity contribution in [2.24, 2.45) is 0 Å². The average Bonchev–Trinajstić information content (AvgIpc) is 2.35. The molecule has 0 aromatic heterocycles. The van der Waals surface area contributed by atoms with E-state index in [-0.39, 0.29) is 23.4 Å². The summed E-state index contributed by atoms with van der Waals surface area (Å²) in [5, 5.41) is 12.8. The summed E-state index contributed by atoms with van der Waals surface area (Å²) in [6, 6.07) is 0.213. The highest BCUT2D eigenvalue weighted by Gasteiger charge is 2.33. The predicted octanol–water partition coefficient (Wildman–Crippen LogP) is 1.48. The number of aliphatic hydroxyl groups excluding tert-OH is 1. The zero-order chi connectivity index (χ0) is 13.8. The van der Waals surface area contributed by atoms with E-state index in [2.05, 4.69) is 19.2 Å². The van der Waals surface area contributed by atoms with Crippen LogP contribution in [0.2, 0.25) is 0 Å². The third-order valence-corrected chi connectivity index (χ3v) is 6.04. The first-order valence-electron chi connectivity index (χ1n) is 6.94. The molecule has 1 rings (SSSR count). The zero-order valence-electron chi connectivity index (χ0n) is 11.8. The van der Waals surface area contributed by atoms with Gasteiger partial charge in [0.25, 0.3) is 0 Å². The molecule has 1 aliphatic rings. The van der Waals surface area contributed by atoms with Crippen molar-refractivity contribution in [2.75, 3.05) is 12.9 Å². The molecule has 0 bridgehead atoms. The molecule has 5 heteroatoms. The van der Waals surface area contributed by atoms with Crippen molar-refractivity contribution in [1.29, 1.82) is 0 Å². The normalized spacial score (nSPS) is 26.2. The standard InChI is InChI=1S/C13H27NO3S/c1-4-13(5-2,10-15)14-11-7-6-8-12(9-11)18(3,16)17/h11-12,14-15H,4-10H2,1-3H3. The average molecular weight is 277 g/mol. The van der Waals surface area contributed by atoms with Crippen molar-refractivity contribution in [3.63, 3.8) is 0 Å². The first kappa shape index (κ1) is 15.9. The summed E-state index contributed by atoms with van der Waals surface area (Å²) in [7, 11) is -2.94. The van der Waals surface area contributed by atoms with Gasteiger partial charge in [0.05, 0.1) is 11.9 Å². The van der Waals surface area contributed by atoms with Gasteiger partial charge < -0.3 is 10.4 Å². The molecule has 1 saturated carbocycles. The topological polar surface area (TPSA) is 66.4 Å². The fourth-order valence-corrected chi connectivity index (χ4v) is 4.00. The van der Waals surface area contributed by atoms with Crippen molar-refractivity contribution in [1.82, 2.24) is 5.32 Å². The molecule has 1 fully saturated rings. The Morgan fingerprint density at radius 2 is 1.89 bits per heavy atom. The van der Waals surface area contributed by atoms with Crippen molar-refractivity contribution in [3.8, 4) is 0 Å². The van der Waals surface area contributed by atoms with Gasteiger partial charge in [0, 0.05) is 17.8 Å². The first-order chi connectivity index (χ1) is 8.37. The molecular weight excluding hydrogens is 250 g/mol. The van der Waals surface area contributed by atoms with E-state index in [1.165, 1.54) is 6.26 Å². The van der Waals surface area contributed by atoms with E-state index in [9.17, 15) is 13.5 Å². The Hall–Kier alpha value is -0.130. The highest BCUT2D eigenvalue weighted by atomic mass is 32.2. The van der Waals surface area contributed by atoms with Gasteiger partial charge in [0.2, 0.25) is 0 Å². The number of rotatable bonds is 6. The Kier molecular flexibility index (Phi) is 5.62. The van der Waals surface area contributed by atoms with Gasteiger partial charge in [-0.2, -0.15) is 0 Å². The van der Waals surface area contributed by atoms with E-state index in [4.69, 9.17) is 0 Å². The van der Waals surface area contributed by atoms with Gasteiger partial charge in [-0.05, 0) is 32.1 Å². The van der Waals surface area contributed by atoms with E-state index < -0.39 is 9.84 Å². The summed E-state index contributed by atoms with van der Waals surface area (Å²) in [6.45, 7) is 4.23. The summed E-state index contributed by atoms with van der Waals surface area (Å²) < 4.78 is 23.3. The molecule has 0 saturated heterocycles. The third kappa shape index (κ3) is 3.93. The van der Waals surface area contributed by atoms with Crippen LogP contribution >= 0.6 is 0 Å². The molecule has 0 aliphatic heterocycles. The Morgan fingerprint density at radius 3 is 2.33 bits per heavy atom. The van der Waals surface area contributed by atoms with Crippen LogP contribution in [-0.2, 0) is 9.84 Å². The van der Waals surface area contributed by atoms with Gasteiger partial charge in [0.1, 0.15) is 9.84 Å². The largest absolute Gasteiger partial charge is 0.394 e. The Morgan fingerprint density at radius 1 is 1.28 bits per heavy atom. The Balaban J connectivity index is 2.67. The molecule has 18 heavy (non-hydrogen) atoms. The zero-order valence-corrected chi connectivity index (χ0v) is 12.6. The van der Waals surface area contributed by atoms with Crippen LogP contribution in [0.15, 0.2) is 0 Å². The number of nitrogens with one attached hydrogen (secondary N) is 1. The minimum Gasteiger partial charge on any atom is -0.394 e. The molecule has 2 unspecified atom stereocenters. The Bertz CT molecular complexity index is 341.